The van der Waals surface area contributed by atoms with E-state index >= 15 is 0 Å². The fourth-order valence-corrected chi connectivity index (χ4v) is 3.99. The Bertz CT molecular complexity index is 1070. The second kappa shape index (κ2) is 7.24. The van der Waals surface area contributed by atoms with E-state index in [2.05, 4.69) is 21.2 Å². The van der Waals surface area contributed by atoms with Crippen molar-refractivity contribution in [2.24, 2.45) is 0 Å². The van der Waals surface area contributed by atoms with Crippen molar-refractivity contribution in [2.75, 3.05) is 18.1 Å². The number of nitrogens with zero attached hydrogens (tertiary/aromatic N) is 1. The molecule has 0 unspecified atom stereocenters. The van der Waals surface area contributed by atoms with Gasteiger partial charge in [-0.05, 0) is 30.3 Å². The maximum atomic E-state index is 12.4. The second-order valence-corrected chi connectivity index (χ2v) is 8.92. The molecule has 7 nitrogen and oxygen atoms in total. The van der Waals surface area contributed by atoms with Crippen LogP contribution in [0, 0.1) is 0 Å². The molecule has 1 aliphatic rings. The molecule has 1 heterocycles. The lowest BCUT2D eigenvalue weighted by atomic mass is 10.1. The highest BCUT2D eigenvalue weighted by atomic mass is 79.9. The van der Waals surface area contributed by atoms with E-state index in [4.69, 9.17) is 0 Å². The number of imide groups is 1. The van der Waals surface area contributed by atoms with Crippen molar-refractivity contribution in [2.45, 2.75) is 11.3 Å². The number of carbonyl (C=O) groups excluding carboxylic acids is 3. The zero-order chi connectivity index (χ0) is 19.8. The minimum absolute atomic E-state index is 0.00364. The Morgan fingerprint density at radius 2 is 1.74 bits per heavy atom. The molecule has 0 saturated heterocycles. The number of fused-ring (bicyclic) bond motifs is 1. The Labute approximate surface area is 164 Å². The normalized spacial score (nSPS) is 13.6. The Balaban J connectivity index is 1.69. The molecule has 2 aromatic rings. The second-order valence-electron chi connectivity index (χ2n) is 6.02. The SMILES string of the molecule is CS(=O)(=O)c1ccccc1NC(=O)CCN1C(=O)c2ccc(Br)cc2C1=O. The first-order chi connectivity index (χ1) is 12.7. The predicted molar refractivity (Wildman–Crippen MR) is 102 cm³/mol. The molecule has 3 rings (SSSR count). The highest BCUT2D eigenvalue weighted by Crippen LogP contribution is 2.26. The van der Waals surface area contributed by atoms with Crippen LogP contribution < -0.4 is 5.32 Å². The lowest BCUT2D eigenvalue weighted by molar-refractivity contribution is -0.116. The number of rotatable bonds is 5. The number of anilines is 1. The third kappa shape index (κ3) is 3.93. The molecule has 9 heteroatoms. The molecule has 0 atom stereocenters. The number of benzene rings is 2. The Kier molecular flexibility index (Phi) is 5.16. The van der Waals surface area contributed by atoms with E-state index in [1.807, 2.05) is 0 Å². The average molecular weight is 451 g/mol. The summed E-state index contributed by atoms with van der Waals surface area (Å²) < 4.78 is 24.3. The molecule has 0 radical (unpaired) electrons. The van der Waals surface area contributed by atoms with Crippen LogP contribution in [0.3, 0.4) is 0 Å². The molecular formula is C18H15BrN2O5S. The number of sulfone groups is 1. The van der Waals surface area contributed by atoms with Crippen LogP contribution in [0.15, 0.2) is 51.8 Å². The average Bonchev–Trinajstić information content (AvgIpc) is 2.83. The standard InChI is InChI=1S/C18H15BrN2O5S/c1-27(25,26)15-5-3-2-4-14(15)20-16(22)8-9-21-17(23)12-7-6-11(19)10-13(12)18(21)24/h2-7,10H,8-9H2,1H3,(H,20,22). The van der Waals surface area contributed by atoms with Crippen molar-refractivity contribution in [3.63, 3.8) is 0 Å². The monoisotopic (exact) mass is 450 g/mol. The van der Waals surface area contributed by atoms with Crippen LogP contribution in [0.2, 0.25) is 0 Å². The maximum Gasteiger partial charge on any atom is 0.261 e. The molecule has 3 amide bonds. The van der Waals surface area contributed by atoms with E-state index in [-0.39, 0.29) is 29.1 Å². The van der Waals surface area contributed by atoms with Crippen LogP contribution in [0.4, 0.5) is 5.69 Å². The number of nitrogens with one attached hydrogen (secondary N) is 1. The van der Waals surface area contributed by atoms with Crippen molar-refractivity contribution in [3.05, 3.63) is 58.1 Å². The summed E-state index contributed by atoms with van der Waals surface area (Å²) in [5, 5.41) is 2.53. The molecular weight excluding hydrogens is 436 g/mol. The molecule has 0 fully saturated rings. The van der Waals surface area contributed by atoms with Crippen molar-refractivity contribution in [1.29, 1.82) is 0 Å². The van der Waals surface area contributed by atoms with E-state index in [1.54, 1.807) is 30.3 Å². The topological polar surface area (TPSA) is 101 Å². The van der Waals surface area contributed by atoms with E-state index < -0.39 is 27.6 Å². The van der Waals surface area contributed by atoms with Gasteiger partial charge in [0.15, 0.2) is 9.84 Å². The quantitative estimate of drug-likeness (QED) is 0.705. The van der Waals surface area contributed by atoms with Gasteiger partial charge in [-0.15, -0.1) is 0 Å². The number of hydrogen-bond donors (Lipinski definition) is 1. The van der Waals surface area contributed by atoms with Gasteiger partial charge in [0.2, 0.25) is 5.91 Å². The maximum absolute atomic E-state index is 12.4. The summed E-state index contributed by atoms with van der Waals surface area (Å²) in [6.07, 6.45) is 0.902. The molecule has 140 valence electrons. The summed E-state index contributed by atoms with van der Waals surface area (Å²) in [4.78, 5) is 38.0. The van der Waals surface area contributed by atoms with Gasteiger partial charge in [0.1, 0.15) is 0 Å². The summed E-state index contributed by atoms with van der Waals surface area (Å²) in [6.45, 7) is -0.100. The lowest BCUT2D eigenvalue weighted by Gasteiger charge is -2.14. The largest absolute Gasteiger partial charge is 0.325 e. The van der Waals surface area contributed by atoms with Gasteiger partial charge >= 0.3 is 0 Å². The molecule has 2 aromatic carbocycles. The summed E-state index contributed by atoms with van der Waals surface area (Å²) in [5.41, 5.74) is 0.750. The van der Waals surface area contributed by atoms with E-state index in [1.165, 1.54) is 12.1 Å². The first-order valence-corrected chi connectivity index (χ1v) is 10.6. The van der Waals surface area contributed by atoms with Crippen LogP contribution in [0.5, 0.6) is 0 Å². The van der Waals surface area contributed by atoms with Crippen LogP contribution in [-0.2, 0) is 14.6 Å². The van der Waals surface area contributed by atoms with Gasteiger partial charge in [-0.2, -0.15) is 0 Å². The van der Waals surface area contributed by atoms with Crippen LogP contribution >= 0.6 is 15.9 Å². The molecule has 0 bridgehead atoms. The van der Waals surface area contributed by atoms with Gasteiger partial charge in [-0.3, -0.25) is 19.3 Å². The van der Waals surface area contributed by atoms with Crippen molar-refractivity contribution in [1.82, 2.24) is 4.90 Å². The molecule has 0 spiro atoms. The zero-order valence-electron chi connectivity index (χ0n) is 14.2. The fourth-order valence-electron chi connectivity index (χ4n) is 2.79. The predicted octanol–water partition coefficient (Wildman–Crippen LogP) is 2.48. The van der Waals surface area contributed by atoms with Crippen LogP contribution in [-0.4, -0.2) is 43.8 Å². The first kappa shape index (κ1) is 19.2. The van der Waals surface area contributed by atoms with Gasteiger partial charge < -0.3 is 5.32 Å². The molecule has 1 N–H and O–H groups in total. The summed E-state index contributed by atoms with van der Waals surface area (Å²) in [6, 6.07) is 10.8. The minimum atomic E-state index is -3.51. The van der Waals surface area contributed by atoms with E-state index in [9.17, 15) is 22.8 Å². The third-order valence-corrected chi connectivity index (χ3v) is 5.70. The Morgan fingerprint density at radius 1 is 1.07 bits per heavy atom. The van der Waals surface area contributed by atoms with Gasteiger partial charge in [0, 0.05) is 23.7 Å². The van der Waals surface area contributed by atoms with Crippen molar-refractivity contribution < 1.29 is 22.8 Å². The van der Waals surface area contributed by atoms with Gasteiger partial charge in [0.05, 0.1) is 21.7 Å². The van der Waals surface area contributed by atoms with Gasteiger partial charge in [-0.25, -0.2) is 8.42 Å². The van der Waals surface area contributed by atoms with E-state index in [0.29, 0.717) is 10.0 Å². The van der Waals surface area contributed by atoms with Crippen LogP contribution in [0.25, 0.3) is 0 Å². The third-order valence-electron chi connectivity index (χ3n) is 4.06. The van der Waals surface area contributed by atoms with Crippen molar-refractivity contribution in [3.8, 4) is 0 Å². The molecule has 1 aliphatic heterocycles. The number of para-hydroxylation sites is 1. The van der Waals surface area contributed by atoms with Crippen molar-refractivity contribution >= 4 is 49.2 Å². The number of amides is 3. The van der Waals surface area contributed by atoms with Gasteiger partial charge in [-0.1, -0.05) is 28.1 Å². The minimum Gasteiger partial charge on any atom is -0.325 e. The smallest absolute Gasteiger partial charge is 0.261 e. The summed E-state index contributed by atoms with van der Waals surface area (Å²) in [5.74, 6) is -1.41. The number of carbonyl (C=O) groups is 3. The van der Waals surface area contributed by atoms with Gasteiger partial charge in [0.25, 0.3) is 11.8 Å². The molecule has 0 saturated carbocycles. The molecule has 0 aromatic heterocycles. The number of hydrogen-bond acceptors (Lipinski definition) is 5. The first-order valence-electron chi connectivity index (χ1n) is 7.93. The highest BCUT2D eigenvalue weighted by Gasteiger charge is 2.35. The lowest BCUT2D eigenvalue weighted by Crippen LogP contribution is -2.33. The number of halogens is 1. The molecule has 27 heavy (non-hydrogen) atoms. The van der Waals surface area contributed by atoms with Crippen LogP contribution in [0.1, 0.15) is 27.1 Å². The highest BCUT2D eigenvalue weighted by molar-refractivity contribution is 9.10. The summed E-state index contributed by atoms with van der Waals surface area (Å²) in [7, 11) is -3.51. The molecule has 0 aliphatic carbocycles. The Morgan fingerprint density at radius 3 is 2.44 bits per heavy atom. The fraction of sp³-hybridized carbons (Fsp3) is 0.167. The zero-order valence-corrected chi connectivity index (χ0v) is 16.6. The summed E-state index contributed by atoms with van der Waals surface area (Å²) >= 11 is 3.26. The Hall–Kier alpha value is -2.52. The van der Waals surface area contributed by atoms with E-state index in [0.717, 1.165) is 11.2 Å².